The molecule has 38 heavy (non-hydrogen) atoms. The highest BCUT2D eigenvalue weighted by atomic mass is 32.1. The lowest BCUT2D eigenvalue weighted by molar-refractivity contribution is 0.122. The first-order chi connectivity index (χ1) is 18.6. The molecule has 1 fully saturated rings. The van der Waals surface area contributed by atoms with E-state index in [2.05, 4.69) is 20.7 Å². The average molecular weight is 535 g/mol. The summed E-state index contributed by atoms with van der Waals surface area (Å²) in [7, 11) is 2.87. The minimum Gasteiger partial charge on any atom is -0.502 e. The second kappa shape index (κ2) is 11.3. The molecule has 1 aliphatic heterocycles. The van der Waals surface area contributed by atoms with E-state index in [0.717, 1.165) is 34.7 Å². The number of carbonyl (C=O) groups excluding carboxylic acids is 1. The van der Waals surface area contributed by atoms with Crippen molar-refractivity contribution >= 4 is 45.3 Å². The smallest absolute Gasteiger partial charge is 0.339 e. The number of anilines is 2. The van der Waals surface area contributed by atoms with E-state index in [4.69, 9.17) is 24.2 Å². The van der Waals surface area contributed by atoms with Crippen LogP contribution in [0, 0.1) is 0 Å². The SMILES string of the molecule is COc1cc(/C=N/NC(=O)Nc2ccc(-c3nc(N4CCOCC4)c4sccc4n3)cc2)cc(OC)c1O. The molecule has 1 saturated heterocycles. The van der Waals surface area contributed by atoms with E-state index in [1.54, 1.807) is 35.6 Å². The highest BCUT2D eigenvalue weighted by molar-refractivity contribution is 7.17. The van der Waals surface area contributed by atoms with E-state index in [1.165, 1.54) is 20.4 Å². The number of carbonyl (C=O) groups is 1. The molecule has 1 aliphatic rings. The van der Waals surface area contributed by atoms with Gasteiger partial charge in [0.15, 0.2) is 23.1 Å². The lowest BCUT2D eigenvalue weighted by Gasteiger charge is -2.28. The molecule has 0 atom stereocenters. The van der Waals surface area contributed by atoms with Crippen LogP contribution in [0.1, 0.15) is 5.56 Å². The van der Waals surface area contributed by atoms with Gasteiger partial charge >= 0.3 is 6.03 Å². The summed E-state index contributed by atoms with van der Waals surface area (Å²) in [5.74, 6) is 1.90. The fourth-order valence-corrected chi connectivity index (χ4v) is 4.83. The van der Waals surface area contributed by atoms with Gasteiger partial charge in [0.25, 0.3) is 0 Å². The quantitative estimate of drug-likeness (QED) is 0.239. The summed E-state index contributed by atoms with van der Waals surface area (Å²) in [5.41, 5.74) is 5.31. The molecule has 0 bridgehead atoms. The molecule has 3 N–H and O–H groups in total. The Balaban J connectivity index is 1.26. The molecular formula is C26H26N6O5S. The summed E-state index contributed by atoms with van der Waals surface area (Å²) >= 11 is 1.63. The lowest BCUT2D eigenvalue weighted by Crippen LogP contribution is -2.36. The number of phenolic OH excluding ortho intramolecular Hbond substituents is 1. The van der Waals surface area contributed by atoms with E-state index < -0.39 is 6.03 Å². The van der Waals surface area contributed by atoms with Gasteiger partial charge in [0.1, 0.15) is 0 Å². The first-order valence-corrected chi connectivity index (χ1v) is 12.7. The van der Waals surface area contributed by atoms with Crippen molar-refractivity contribution in [1.82, 2.24) is 15.4 Å². The third-order valence-corrected chi connectivity index (χ3v) is 6.78. The molecular weight excluding hydrogens is 508 g/mol. The largest absolute Gasteiger partial charge is 0.502 e. The maximum absolute atomic E-state index is 12.3. The second-order valence-electron chi connectivity index (χ2n) is 8.28. The standard InChI is InChI=1S/C26H26N6O5S/c1-35-20-13-16(14-21(36-2)22(20)33)15-27-31-26(34)28-18-5-3-17(4-6-18)24-29-19-7-12-38-23(19)25(30-24)32-8-10-37-11-9-32/h3-7,12-15,33H,8-11H2,1-2H3,(H2,28,31,34)/b27-15+. The number of morpholine rings is 1. The first-order valence-electron chi connectivity index (χ1n) is 11.8. The highest BCUT2D eigenvalue weighted by Gasteiger charge is 2.19. The summed E-state index contributed by atoms with van der Waals surface area (Å²) in [4.78, 5) is 24.2. The number of nitrogens with zero attached hydrogens (tertiary/aromatic N) is 4. The van der Waals surface area contributed by atoms with Crippen molar-refractivity contribution in [3.05, 3.63) is 53.4 Å². The van der Waals surface area contributed by atoms with Crippen molar-refractivity contribution in [3.63, 3.8) is 0 Å². The zero-order chi connectivity index (χ0) is 26.5. The maximum Gasteiger partial charge on any atom is 0.339 e. The van der Waals surface area contributed by atoms with Gasteiger partial charge in [-0.25, -0.2) is 20.2 Å². The molecule has 2 aromatic heterocycles. The summed E-state index contributed by atoms with van der Waals surface area (Å²) in [6, 6.07) is 11.9. The van der Waals surface area contributed by atoms with Crippen molar-refractivity contribution in [2.75, 3.05) is 50.7 Å². The van der Waals surface area contributed by atoms with Crippen LogP contribution >= 0.6 is 11.3 Å². The first kappa shape index (κ1) is 25.2. The van der Waals surface area contributed by atoms with Gasteiger partial charge in [0, 0.05) is 29.9 Å². The topological polar surface area (TPSA) is 130 Å². The predicted molar refractivity (Wildman–Crippen MR) is 147 cm³/mol. The van der Waals surface area contributed by atoms with Crippen LogP contribution in [0.4, 0.5) is 16.3 Å². The number of urea groups is 1. The molecule has 5 rings (SSSR count). The Labute approximate surface area is 222 Å². The Kier molecular flexibility index (Phi) is 7.52. The summed E-state index contributed by atoms with van der Waals surface area (Å²) < 4.78 is 16.8. The maximum atomic E-state index is 12.3. The van der Waals surface area contributed by atoms with Gasteiger partial charge in [-0.05, 0) is 47.8 Å². The van der Waals surface area contributed by atoms with Crippen molar-refractivity contribution in [2.24, 2.45) is 5.10 Å². The fourth-order valence-electron chi connectivity index (χ4n) is 3.98. The third-order valence-electron chi connectivity index (χ3n) is 5.88. The highest BCUT2D eigenvalue weighted by Crippen LogP contribution is 2.36. The normalized spacial score (nSPS) is 13.6. The number of hydrazone groups is 1. The van der Waals surface area contributed by atoms with Gasteiger partial charge in [-0.1, -0.05) is 0 Å². The molecule has 0 unspecified atom stereocenters. The molecule has 0 aliphatic carbocycles. The minimum atomic E-state index is -0.516. The van der Waals surface area contributed by atoms with Crippen LogP contribution in [-0.4, -0.2) is 67.8 Å². The molecule has 0 spiro atoms. The fraction of sp³-hybridized carbons (Fsp3) is 0.231. The van der Waals surface area contributed by atoms with E-state index in [1.807, 2.05) is 23.6 Å². The van der Waals surface area contributed by atoms with Crippen molar-refractivity contribution in [2.45, 2.75) is 0 Å². The number of nitrogens with one attached hydrogen (secondary N) is 2. The van der Waals surface area contributed by atoms with Crippen molar-refractivity contribution in [3.8, 4) is 28.6 Å². The minimum absolute atomic E-state index is 0.112. The molecule has 3 heterocycles. The van der Waals surface area contributed by atoms with Crippen LogP contribution in [0.5, 0.6) is 17.2 Å². The molecule has 2 amide bonds. The van der Waals surface area contributed by atoms with Gasteiger partial charge in [-0.2, -0.15) is 5.10 Å². The van der Waals surface area contributed by atoms with Gasteiger partial charge in [0.05, 0.1) is 43.9 Å². The van der Waals surface area contributed by atoms with Crippen LogP contribution in [-0.2, 0) is 4.74 Å². The Morgan fingerprint density at radius 3 is 2.50 bits per heavy atom. The van der Waals surface area contributed by atoms with Gasteiger partial charge in [-0.3, -0.25) is 0 Å². The number of ether oxygens (including phenoxy) is 3. The zero-order valence-corrected chi connectivity index (χ0v) is 21.6. The van der Waals surface area contributed by atoms with Crippen LogP contribution < -0.4 is 25.1 Å². The molecule has 4 aromatic rings. The molecule has 11 nitrogen and oxygen atoms in total. The number of hydrogen-bond acceptors (Lipinski definition) is 10. The molecule has 2 aromatic carbocycles. The van der Waals surface area contributed by atoms with Crippen LogP contribution in [0.2, 0.25) is 0 Å². The number of aromatic hydroxyl groups is 1. The average Bonchev–Trinajstić information content (AvgIpc) is 3.43. The third kappa shape index (κ3) is 5.45. The molecule has 12 heteroatoms. The number of rotatable bonds is 7. The van der Waals surface area contributed by atoms with Gasteiger partial charge in [-0.15, -0.1) is 11.3 Å². The van der Waals surface area contributed by atoms with Crippen molar-refractivity contribution < 1.29 is 24.1 Å². The predicted octanol–water partition coefficient (Wildman–Crippen LogP) is 4.07. The number of thiophene rings is 1. The number of fused-ring (bicyclic) bond motifs is 1. The number of methoxy groups -OCH3 is 2. The number of phenols is 1. The summed E-state index contributed by atoms with van der Waals surface area (Å²) in [6.45, 7) is 2.93. The zero-order valence-electron chi connectivity index (χ0n) is 20.8. The van der Waals surface area contributed by atoms with Crippen LogP contribution in [0.15, 0.2) is 52.9 Å². The Bertz CT molecular complexity index is 1440. The Hall–Kier alpha value is -4.42. The monoisotopic (exact) mass is 534 g/mol. The van der Waals surface area contributed by atoms with Gasteiger partial charge < -0.3 is 29.5 Å². The van der Waals surface area contributed by atoms with E-state index in [-0.39, 0.29) is 17.2 Å². The summed E-state index contributed by atoms with van der Waals surface area (Å²) in [5, 5.41) is 18.7. The Morgan fingerprint density at radius 2 is 1.82 bits per heavy atom. The Morgan fingerprint density at radius 1 is 1.11 bits per heavy atom. The van der Waals surface area contributed by atoms with Crippen LogP contribution in [0.25, 0.3) is 21.6 Å². The van der Waals surface area contributed by atoms with Crippen molar-refractivity contribution in [1.29, 1.82) is 0 Å². The molecule has 196 valence electrons. The number of aromatic nitrogens is 2. The van der Waals surface area contributed by atoms with Gasteiger partial charge in [0.2, 0.25) is 5.75 Å². The van der Waals surface area contributed by atoms with E-state index in [9.17, 15) is 9.90 Å². The van der Waals surface area contributed by atoms with Crippen LogP contribution in [0.3, 0.4) is 0 Å². The van der Waals surface area contributed by atoms with E-state index >= 15 is 0 Å². The molecule has 0 saturated carbocycles. The molecule has 0 radical (unpaired) electrons. The van der Waals surface area contributed by atoms with E-state index in [0.29, 0.717) is 30.3 Å². The number of amides is 2. The number of hydrogen-bond donors (Lipinski definition) is 3. The summed E-state index contributed by atoms with van der Waals surface area (Å²) in [6.07, 6.45) is 1.41. The number of benzene rings is 2. The lowest BCUT2D eigenvalue weighted by atomic mass is 10.2. The second-order valence-corrected chi connectivity index (χ2v) is 9.20.